The van der Waals surface area contributed by atoms with Gasteiger partial charge in [0.05, 0.1) is 5.92 Å². The first-order valence-electron chi connectivity index (χ1n) is 7.40. The molecule has 1 atom stereocenters. The Balaban J connectivity index is 1.38. The van der Waals surface area contributed by atoms with Crippen molar-refractivity contribution >= 4 is 11.8 Å². The van der Waals surface area contributed by atoms with E-state index in [0.29, 0.717) is 43.5 Å². The summed E-state index contributed by atoms with van der Waals surface area (Å²) in [7, 11) is 0. The Kier molecular flexibility index (Phi) is 3.25. The molecule has 0 aliphatic carbocycles. The lowest BCUT2D eigenvalue weighted by Gasteiger charge is -2.38. The minimum absolute atomic E-state index is 0.0148. The molecule has 0 radical (unpaired) electrons. The van der Waals surface area contributed by atoms with Crippen LogP contribution in [0.5, 0.6) is 0 Å². The zero-order chi connectivity index (χ0) is 15.8. The summed E-state index contributed by atoms with van der Waals surface area (Å²) in [6, 6.07) is 1.32. The van der Waals surface area contributed by atoms with Gasteiger partial charge in [-0.2, -0.15) is 4.98 Å². The summed E-state index contributed by atoms with van der Waals surface area (Å²) in [5, 5.41) is 6.56. The third-order valence-corrected chi connectivity index (χ3v) is 4.04. The van der Waals surface area contributed by atoms with Crippen LogP contribution in [0.3, 0.4) is 0 Å². The number of carbonyl (C=O) groups is 2. The van der Waals surface area contributed by atoms with Gasteiger partial charge in [0.1, 0.15) is 6.04 Å². The molecule has 2 aliphatic rings. The largest absolute Gasteiger partial charge is 0.344 e. The molecule has 0 aromatic carbocycles. The van der Waals surface area contributed by atoms with Crippen LogP contribution in [0.4, 0.5) is 0 Å². The summed E-state index contributed by atoms with van der Waals surface area (Å²) < 4.78 is 5.24. The molecule has 2 amide bonds. The Hall–Kier alpha value is -2.84. The highest BCUT2D eigenvalue weighted by molar-refractivity contribution is 5.91. The molecule has 2 aliphatic heterocycles. The van der Waals surface area contributed by atoms with Gasteiger partial charge in [-0.25, -0.2) is 9.97 Å². The molecule has 0 spiro atoms. The van der Waals surface area contributed by atoms with Gasteiger partial charge in [0.25, 0.3) is 0 Å². The number of nitrogens with zero attached hydrogens (tertiary/aromatic N) is 5. The zero-order valence-electron chi connectivity index (χ0n) is 12.2. The van der Waals surface area contributed by atoms with E-state index in [1.165, 1.54) is 0 Å². The summed E-state index contributed by atoms with van der Waals surface area (Å²) in [6.45, 7) is 1.03. The van der Waals surface area contributed by atoms with Crippen LogP contribution in [0.1, 0.15) is 24.7 Å². The maximum Gasteiger partial charge on any atom is 0.245 e. The fourth-order valence-corrected chi connectivity index (χ4v) is 2.74. The van der Waals surface area contributed by atoms with Gasteiger partial charge in [-0.15, -0.1) is 0 Å². The van der Waals surface area contributed by atoms with E-state index >= 15 is 0 Å². The maximum atomic E-state index is 12.2. The predicted molar refractivity (Wildman–Crippen MR) is 75.8 cm³/mol. The molecule has 2 aromatic rings. The lowest BCUT2D eigenvalue weighted by atomic mass is 9.98. The number of nitrogens with one attached hydrogen (secondary N) is 1. The van der Waals surface area contributed by atoms with Crippen molar-refractivity contribution in [3.05, 3.63) is 24.4 Å². The topological polar surface area (TPSA) is 114 Å². The maximum absolute atomic E-state index is 12.2. The van der Waals surface area contributed by atoms with Crippen LogP contribution in [0.2, 0.25) is 0 Å². The van der Waals surface area contributed by atoms with E-state index in [9.17, 15) is 9.59 Å². The van der Waals surface area contributed by atoms with Crippen LogP contribution in [0.25, 0.3) is 11.6 Å². The van der Waals surface area contributed by atoms with Gasteiger partial charge in [-0.05, 0) is 12.5 Å². The summed E-state index contributed by atoms with van der Waals surface area (Å²) >= 11 is 0. The van der Waals surface area contributed by atoms with Gasteiger partial charge < -0.3 is 14.7 Å². The number of likely N-dealkylation sites (tertiary alicyclic amines) is 1. The Morgan fingerprint density at radius 3 is 2.74 bits per heavy atom. The van der Waals surface area contributed by atoms with Crippen LogP contribution in [-0.2, 0) is 9.59 Å². The third kappa shape index (κ3) is 2.54. The average Bonchev–Trinajstić information content (AvgIpc) is 3.16. The lowest BCUT2D eigenvalue weighted by molar-refractivity contribution is -0.138. The molecule has 9 heteroatoms. The average molecular weight is 314 g/mol. The molecule has 2 saturated heterocycles. The van der Waals surface area contributed by atoms with Gasteiger partial charge in [0, 0.05) is 31.9 Å². The third-order valence-electron chi connectivity index (χ3n) is 4.04. The van der Waals surface area contributed by atoms with Crippen molar-refractivity contribution < 1.29 is 14.1 Å². The van der Waals surface area contributed by atoms with Crippen molar-refractivity contribution in [2.24, 2.45) is 0 Å². The van der Waals surface area contributed by atoms with Crippen molar-refractivity contribution in [3.63, 3.8) is 0 Å². The van der Waals surface area contributed by atoms with Crippen molar-refractivity contribution in [1.82, 2.24) is 30.3 Å². The Morgan fingerprint density at radius 2 is 2.04 bits per heavy atom. The van der Waals surface area contributed by atoms with Crippen LogP contribution in [0, 0.1) is 0 Å². The summed E-state index contributed by atoms with van der Waals surface area (Å²) in [5.41, 5.74) is 0. The molecule has 2 aromatic heterocycles. The molecule has 118 valence electrons. The predicted octanol–water partition coefficient (Wildman–Crippen LogP) is -0.269. The van der Waals surface area contributed by atoms with E-state index < -0.39 is 0 Å². The monoisotopic (exact) mass is 314 g/mol. The quantitative estimate of drug-likeness (QED) is 0.829. The fraction of sp³-hybridized carbons (Fsp3) is 0.429. The Bertz CT molecular complexity index is 740. The molecule has 4 heterocycles. The van der Waals surface area contributed by atoms with Gasteiger partial charge in [-0.1, -0.05) is 5.16 Å². The summed E-state index contributed by atoms with van der Waals surface area (Å²) in [4.78, 5) is 37.5. The van der Waals surface area contributed by atoms with E-state index in [-0.39, 0.29) is 23.8 Å². The van der Waals surface area contributed by atoms with Crippen molar-refractivity contribution in [3.8, 4) is 11.6 Å². The van der Waals surface area contributed by atoms with E-state index in [2.05, 4.69) is 25.4 Å². The van der Waals surface area contributed by atoms with Gasteiger partial charge in [0.2, 0.25) is 29.4 Å². The van der Waals surface area contributed by atoms with Crippen molar-refractivity contribution in [1.29, 1.82) is 0 Å². The van der Waals surface area contributed by atoms with Crippen molar-refractivity contribution in [2.45, 2.75) is 24.8 Å². The van der Waals surface area contributed by atoms with Gasteiger partial charge in [0.15, 0.2) is 0 Å². The lowest BCUT2D eigenvalue weighted by Crippen LogP contribution is -2.54. The molecular formula is C14H14N6O3. The van der Waals surface area contributed by atoms with Gasteiger partial charge >= 0.3 is 0 Å². The van der Waals surface area contributed by atoms with Crippen LogP contribution < -0.4 is 5.32 Å². The highest BCUT2D eigenvalue weighted by Gasteiger charge is 2.40. The van der Waals surface area contributed by atoms with Crippen LogP contribution >= 0.6 is 0 Å². The molecule has 4 rings (SSSR count). The number of hydrogen-bond acceptors (Lipinski definition) is 7. The molecule has 1 N–H and O–H groups in total. The highest BCUT2D eigenvalue weighted by Crippen LogP contribution is 2.28. The normalized spacial score (nSPS) is 21.1. The van der Waals surface area contributed by atoms with E-state index in [1.54, 1.807) is 23.4 Å². The van der Waals surface area contributed by atoms with E-state index in [1.807, 2.05) is 0 Å². The van der Waals surface area contributed by atoms with Crippen LogP contribution in [-0.4, -0.2) is 56.0 Å². The first-order valence-corrected chi connectivity index (χ1v) is 7.40. The zero-order valence-corrected chi connectivity index (χ0v) is 12.2. The second-order valence-electron chi connectivity index (χ2n) is 5.63. The number of aromatic nitrogens is 4. The Labute approximate surface area is 131 Å². The number of hydrogen-bond donors (Lipinski definition) is 1. The van der Waals surface area contributed by atoms with Gasteiger partial charge in [-0.3, -0.25) is 9.59 Å². The number of amides is 2. The molecule has 2 fully saturated rings. The number of carbonyl (C=O) groups excluding carboxylic acids is 2. The first-order chi connectivity index (χ1) is 11.2. The minimum atomic E-state index is -0.389. The standard InChI is InChI=1S/C14H14N6O3/c21-10-3-2-9(17-10)14(22)20-6-8(7-20)13-18-12(19-23-13)11-15-4-1-5-16-11/h1,4-5,8-9H,2-3,6-7H2,(H,17,21). The second-order valence-corrected chi connectivity index (χ2v) is 5.63. The first kappa shape index (κ1) is 13.8. The fourth-order valence-electron chi connectivity index (χ4n) is 2.74. The highest BCUT2D eigenvalue weighted by atomic mass is 16.5. The number of rotatable bonds is 3. The molecule has 0 saturated carbocycles. The van der Waals surface area contributed by atoms with Crippen LogP contribution in [0.15, 0.2) is 23.0 Å². The van der Waals surface area contributed by atoms with E-state index in [0.717, 1.165) is 0 Å². The smallest absolute Gasteiger partial charge is 0.245 e. The SMILES string of the molecule is O=C1CCC(C(=O)N2CC(c3nc(-c4ncccn4)no3)C2)N1. The molecular weight excluding hydrogens is 300 g/mol. The van der Waals surface area contributed by atoms with Crippen molar-refractivity contribution in [2.75, 3.05) is 13.1 Å². The minimum Gasteiger partial charge on any atom is -0.344 e. The summed E-state index contributed by atoms with van der Waals surface area (Å²) in [5.74, 6) is 1.13. The molecule has 0 bridgehead atoms. The Morgan fingerprint density at radius 1 is 1.26 bits per heavy atom. The molecule has 23 heavy (non-hydrogen) atoms. The second kappa shape index (κ2) is 5.41. The molecule has 1 unspecified atom stereocenters. The van der Waals surface area contributed by atoms with E-state index in [4.69, 9.17) is 4.52 Å². The summed E-state index contributed by atoms with van der Waals surface area (Å²) in [6.07, 6.45) is 4.20. The molecule has 9 nitrogen and oxygen atoms in total.